The molecule has 5 heteroatoms. The Balaban J connectivity index is 2.30. The van der Waals surface area contributed by atoms with Crippen LogP contribution in [0.2, 0.25) is 0 Å². The lowest BCUT2D eigenvalue weighted by Crippen LogP contribution is -2.34. The molecule has 0 aliphatic heterocycles. The Bertz CT molecular complexity index is 543. The number of hydrogen-bond acceptors (Lipinski definition) is 4. The number of nitrogens with one attached hydrogen (secondary N) is 1. The molecule has 0 saturated heterocycles. The van der Waals surface area contributed by atoms with Crippen LogP contribution in [0, 0.1) is 0 Å². The van der Waals surface area contributed by atoms with Crippen LogP contribution in [0.15, 0.2) is 18.2 Å². The third kappa shape index (κ3) is 3.71. The van der Waals surface area contributed by atoms with Crippen molar-refractivity contribution in [1.29, 1.82) is 0 Å². The van der Waals surface area contributed by atoms with Gasteiger partial charge in [0.25, 0.3) is 0 Å². The monoisotopic (exact) mass is 306 g/mol. The summed E-state index contributed by atoms with van der Waals surface area (Å²) in [6.45, 7) is 5.97. The molecule has 1 aliphatic rings. The number of phenols is 1. The molecule has 0 aromatic heterocycles. The third-order valence-electron chi connectivity index (χ3n) is 4.16. The zero-order valence-electron chi connectivity index (χ0n) is 13.6. The van der Waals surface area contributed by atoms with Gasteiger partial charge in [0, 0.05) is 17.6 Å². The van der Waals surface area contributed by atoms with Gasteiger partial charge in [0.1, 0.15) is 11.4 Å². The van der Waals surface area contributed by atoms with Crippen molar-refractivity contribution in [3.63, 3.8) is 0 Å². The predicted octanol–water partition coefficient (Wildman–Crippen LogP) is 3.51. The Kier molecular flexibility index (Phi) is 4.66. The van der Waals surface area contributed by atoms with E-state index in [9.17, 15) is 9.90 Å². The van der Waals surface area contributed by atoms with E-state index in [-0.39, 0.29) is 11.2 Å². The fourth-order valence-corrected chi connectivity index (χ4v) is 3.13. The Labute approximate surface area is 131 Å². The van der Waals surface area contributed by atoms with Crippen molar-refractivity contribution in [2.24, 2.45) is 5.73 Å². The predicted molar refractivity (Wildman–Crippen MR) is 87.2 cm³/mol. The van der Waals surface area contributed by atoms with E-state index in [1.807, 2.05) is 20.8 Å². The Morgan fingerprint density at radius 3 is 2.55 bits per heavy atom. The zero-order valence-corrected chi connectivity index (χ0v) is 13.6. The summed E-state index contributed by atoms with van der Waals surface area (Å²) in [7, 11) is 0. The van der Waals surface area contributed by atoms with Crippen LogP contribution in [0.3, 0.4) is 0 Å². The van der Waals surface area contributed by atoms with Crippen molar-refractivity contribution in [1.82, 2.24) is 0 Å². The number of nitrogens with two attached hydrogens (primary N) is 1. The van der Waals surface area contributed by atoms with Crippen LogP contribution in [0.25, 0.3) is 0 Å². The van der Waals surface area contributed by atoms with Gasteiger partial charge in [-0.05, 0) is 57.4 Å². The lowest BCUT2D eigenvalue weighted by molar-refractivity contribution is 0.0635. The van der Waals surface area contributed by atoms with Crippen LogP contribution >= 0.6 is 0 Å². The third-order valence-corrected chi connectivity index (χ3v) is 4.16. The quantitative estimate of drug-likeness (QED) is 0.746. The normalized spacial score (nSPS) is 17.3. The van der Waals surface area contributed by atoms with E-state index in [1.54, 1.807) is 18.2 Å². The summed E-state index contributed by atoms with van der Waals surface area (Å²) in [5.41, 5.74) is 6.86. The van der Waals surface area contributed by atoms with Crippen LogP contribution in [0.4, 0.5) is 10.5 Å². The fraction of sp³-hybridized carbons (Fsp3) is 0.588. The van der Waals surface area contributed by atoms with E-state index in [0.717, 1.165) is 31.2 Å². The first-order chi connectivity index (χ1) is 10.3. The Morgan fingerprint density at radius 2 is 2.00 bits per heavy atom. The second-order valence-corrected chi connectivity index (χ2v) is 7.05. The number of hydrogen-bond donors (Lipinski definition) is 3. The molecule has 0 bridgehead atoms. The number of ether oxygens (including phenoxy) is 1. The van der Waals surface area contributed by atoms with Crippen molar-refractivity contribution in [3.8, 4) is 5.75 Å². The molecule has 0 atom stereocenters. The van der Waals surface area contributed by atoms with E-state index in [0.29, 0.717) is 12.2 Å². The van der Waals surface area contributed by atoms with Crippen LogP contribution < -0.4 is 11.1 Å². The lowest BCUT2D eigenvalue weighted by atomic mass is 9.78. The largest absolute Gasteiger partial charge is 0.508 e. The van der Waals surface area contributed by atoms with Crippen LogP contribution in [0.5, 0.6) is 5.75 Å². The Hall–Kier alpha value is -1.75. The molecule has 0 heterocycles. The van der Waals surface area contributed by atoms with Gasteiger partial charge in [-0.1, -0.05) is 12.8 Å². The van der Waals surface area contributed by atoms with E-state index < -0.39 is 11.7 Å². The second kappa shape index (κ2) is 6.16. The van der Waals surface area contributed by atoms with Gasteiger partial charge in [-0.3, -0.25) is 5.32 Å². The molecule has 1 fully saturated rings. The maximum atomic E-state index is 12.0. The van der Waals surface area contributed by atoms with Gasteiger partial charge in [-0.2, -0.15) is 0 Å². The summed E-state index contributed by atoms with van der Waals surface area (Å²) in [5, 5.41) is 12.6. The molecule has 0 radical (unpaired) electrons. The molecular formula is C17H26N2O3. The number of rotatable bonds is 3. The molecule has 1 aliphatic carbocycles. The first-order valence-corrected chi connectivity index (χ1v) is 7.79. The van der Waals surface area contributed by atoms with Gasteiger partial charge < -0.3 is 15.6 Å². The minimum Gasteiger partial charge on any atom is -0.508 e. The van der Waals surface area contributed by atoms with Crippen molar-refractivity contribution < 1.29 is 14.6 Å². The number of carbonyl (C=O) groups is 1. The first-order valence-electron chi connectivity index (χ1n) is 7.79. The minimum absolute atomic E-state index is 0.177. The van der Waals surface area contributed by atoms with E-state index in [4.69, 9.17) is 10.5 Å². The van der Waals surface area contributed by atoms with Crippen molar-refractivity contribution in [2.75, 3.05) is 11.9 Å². The zero-order chi connectivity index (χ0) is 16.4. The van der Waals surface area contributed by atoms with E-state index >= 15 is 0 Å². The van der Waals surface area contributed by atoms with Gasteiger partial charge in [-0.15, -0.1) is 0 Å². The summed E-state index contributed by atoms with van der Waals surface area (Å²) in [6, 6.07) is 4.99. The number of benzene rings is 1. The molecule has 0 spiro atoms. The minimum atomic E-state index is -0.555. The van der Waals surface area contributed by atoms with Gasteiger partial charge in [0.2, 0.25) is 0 Å². The highest BCUT2D eigenvalue weighted by molar-refractivity contribution is 5.86. The highest BCUT2D eigenvalue weighted by Crippen LogP contribution is 2.44. The fourth-order valence-electron chi connectivity index (χ4n) is 3.13. The molecule has 1 aromatic carbocycles. The maximum Gasteiger partial charge on any atom is 0.412 e. The van der Waals surface area contributed by atoms with Crippen LogP contribution in [-0.2, 0) is 10.2 Å². The van der Waals surface area contributed by atoms with Gasteiger partial charge in [0.05, 0.1) is 0 Å². The summed E-state index contributed by atoms with van der Waals surface area (Å²) < 4.78 is 5.31. The summed E-state index contributed by atoms with van der Waals surface area (Å²) >= 11 is 0. The number of anilines is 1. The van der Waals surface area contributed by atoms with Gasteiger partial charge in [0.15, 0.2) is 0 Å². The number of aromatic hydroxyl groups is 1. The maximum absolute atomic E-state index is 12.0. The van der Waals surface area contributed by atoms with Crippen molar-refractivity contribution in [3.05, 3.63) is 23.8 Å². The molecule has 0 unspecified atom stereocenters. The first kappa shape index (κ1) is 16.6. The van der Waals surface area contributed by atoms with Gasteiger partial charge >= 0.3 is 6.09 Å². The molecule has 122 valence electrons. The molecular weight excluding hydrogens is 280 g/mol. The van der Waals surface area contributed by atoms with Crippen LogP contribution in [-0.4, -0.2) is 23.3 Å². The smallest absolute Gasteiger partial charge is 0.412 e. The summed E-state index contributed by atoms with van der Waals surface area (Å²) in [4.78, 5) is 12.0. The highest BCUT2D eigenvalue weighted by atomic mass is 16.6. The molecule has 1 saturated carbocycles. The molecule has 1 aromatic rings. The number of carbonyl (C=O) groups excluding carboxylic acids is 1. The summed E-state index contributed by atoms with van der Waals surface area (Å²) in [5.74, 6) is 0.185. The summed E-state index contributed by atoms with van der Waals surface area (Å²) in [6.07, 6.45) is 3.66. The van der Waals surface area contributed by atoms with E-state index in [2.05, 4.69) is 5.32 Å². The lowest BCUT2D eigenvalue weighted by Gasteiger charge is -2.30. The average Bonchev–Trinajstić information content (AvgIpc) is 2.88. The molecule has 1 amide bonds. The molecule has 22 heavy (non-hydrogen) atoms. The second-order valence-electron chi connectivity index (χ2n) is 7.05. The van der Waals surface area contributed by atoms with Gasteiger partial charge in [-0.25, -0.2) is 4.79 Å². The topological polar surface area (TPSA) is 84.6 Å². The standard InChI is InChI=1S/C17H26N2O3/c1-16(2,3)22-15(21)19-14-7-6-12(20)10-13(14)17(11-18)8-4-5-9-17/h6-7,10,20H,4-5,8-9,11,18H2,1-3H3,(H,19,21). The van der Waals surface area contributed by atoms with Crippen molar-refractivity contribution >= 4 is 11.8 Å². The highest BCUT2D eigenvalue weighted by Gasteiger charge is 2.36. The van der Waals surface area contributed by atoms with E-state index in [1.165, 1.54) is 0 Å². The molecule has 2 rings (SSSR count). The Morgan fingerprint density at radius 1 is 1.36 bits per heavy atom. The SMILES string of the molecule is CC(C)(C)OC(=O)Nc1ccc(O)cc1C1(CN)CCCC1. The number of amides is 1. The number of phenolic OH excluding ortho intramolecular Hbond substituents is 1. The molecule has 5 nitrogen and oxygen atoms in total. The van der Waals surface area contributed by atoms with Crippen LogP contribution in [0.1, 0.15) is 52.0 Å². The molecule has 4 N–H and O–H groups in total. The average molecular weight is 306 g/mol. The van der Waals surface area contributed by atoms with Crippen molar-refractivity contribution in [2.45, 2.75) is 57.5 Å².